The van der Waals surface area contributed by atoms with Gasteiger partial charge >= 0.3 is 0 Å². The minimum Gasteiger partial charge on any atom is -0.387 e. The van der Waals surface area contributed by atoms with Gasteiger partial charge in [0.15, 0.2) is 0 Å². The topological polar surface area (TPSA) is 88.4 Å². The van der Waals surface area contributed by atoms with E-state index in [2.05, 4.69) is 36.4 Å². The van der Waals surface area contributed by atoms with Crippen LogP contribution < -0.4 is 0 Å². The average Bonchev–Trinajstić information content (AvgIpc) is 3.08. The number of benzene rings is 6. The van der Waals surface area contributed by atoms with E-state index in [1.165, 1.54) is 0 Å². The number of hydrogen-bond donors (Lipinski definition) is 3. The summed E-state index contributed by atoms with van der Waals surface area (Å²) in [5.41, 5.74) is 2.78. The molecule has 1 fully saturated rings. The number of hydrogen-bond acceptors (Lipinski definition) is 6. The average molecular weight is 601 g/mol. The van der Waals surface area contributed by atoms with E-state index >= 15 is 0 Å². The van der Waals surface area contributed by atoms with Gasteiger partial charge in [0.1, 0.15) is 36.6 Å². The molecule has 0 radical (unpaired) electrons. The first-order chi connectivity index (χ1) is 22.0. The first kappa shape index (κ1) is 29.6. The third-order valence-electron chi connectivity index (χ3n) is 8.79. The van der Waals surface area contributed by atoms with Crippen LogP contribution in [0.1, 0.15) is 16.7 Å². The highest BCUT2D eigenvalue weighted by Crippen LogP contribution is 2.31. The van der Waals surface area contributed by atoms with E-state index < -0.39 is 36.6 Å². The Morgan fingerprint density at radius 1 is 0.356 bits per heavy atom. The molecule has 6 heteroatoms. The van der Waals surface area contributed by atoms with Crippen molar-refractivity contribution < 1.29 is 29.5 Å². The summed E-state index contributed by atoms with van der Waals surface area (Å²) in [4.78, 5) is 0. The van der Waals surface area contributed by atoms with E-state index in [0.29, 0.717) is 0 Å². The molecular formula is C39H36O6. The largest absolute Gasteiger partial charge is 0.387 e. The van der Waals surface area contributed by atoms with E-state index in [0.717, 1.165) is 49.0 Å². The molecule has 0 amide bonds. The molecule has 0 aromatic heterocycles. The molecular weight excluding hydrogens is 564 g/mol. The molecule has 6 nitrogen and oxygen atoms in total. The lowest BCUT2D eigenvalue weighted by Gasteiger charge is -2.45. The van der Waals surface area contributed by atoms with Crippen LogP contribution in [0, 0.1) is 0 Å². The van der Waals surface area contributed by atoms with E-state index in [9.17, 15) is 15.3 Å². The van der Waals surface area contributed by atoms with Crippen molar-refractivity contribution in [3.63, 3.8) is 0 Å². The highest BCUT2D eigenvalue weighted by Gasteiger charge is 2.51. The van der Waals surface area contributed by atoms with Gasteiger partial charge in [-0.3, -0.25) is 0 Å². The fourth-order valence-corrected chi connectivity index (χ4v) is 6.31. The predicted octanol–water partition coefficient (Wildman–Crippen LogP) is 6.30. The molecule has 45 heavy (non-hydrogen) atoms. The minimum atomic E-state index is -1.48. The Kier molecular flexibility index (Phi) is 8.59. The van der Waals surface area contributed by atoms with E-state index in [-0.39, 0.29) is 19.8 Å². The van der Waals surface area contributed by atoms with Gasteiger partial charge in [0, 0.05) is 0 Å². The van der Waals surface area contributed by atoms with Crippen LogP contribution in [0.4, 0.5) is 0 Å². The van der Waals surface area contributed by atoms with Crippen molar-refractivity contribution in [2.24, 2.45) is 0 Å². The smallest absolute Gasteiger partial charge is 0.116 e. The third-order valence-corrected chi connectivity index (χ3v) is 8.79. The van der Waals surface area contributed by atoms with Crippen molar-refractivity contribution in [1.29, 1.82) is 0 Å². The second-order valence-electron chi connectivity index (χ2n) is 11.8. The first-order valence-electron chi connectivity index (χ1n) is 15.4. The van der Waals surface area contributed by atoms with Crippen molar-refractivity contribution in [2.75, 3.05) is 0 Å². The standard InChI is InChI=1S/C39H36O6/c40-34-35(41)37(43-22-25-13-16-28-7-1-4-10-31(28)19-25)39(45-24-27-15-18-30-9-3-6-12-33(30)21-27)38(36(34)42)44-23-26-14-17-29-8-2-5-11-32(29)20-26/h1-21,34-42H,22-24H2/t34?,35-,36-,37-,38+,39?/m0/s1. The molecule has 6 aromatic rings. The molecule has 7 rings (SSSR count). The third kappa shape index (κ3) is 6.35. The van der Waals surface area contributed by atoms with Gasteiger partial charge in [0.05, 0.1) is 19.8 Å². The van der Waals surface area contributed by atoms with Crippen LogP contribution in [0.3, 0.4) is 0 Å². The summed E-state index contributed by atoms with van der Waals surface area (Å²) in [5, 5.41) is 40.0. The summed E-state index contributed by atoms with van der Waals surface area (Å²) < 4.78 is 19.1. The molecule has 0 aliphatic heterocycles. The molecule has 2 unspecified atom stereocenters. The highest BCUT2D eigenvalue weighted by molar-refractivity contribution is 5.84. The lowest BCUT2D eigenvalue weighted by Crippen LogP contribution is -2.65. The number of rotatable bonds is 9. The van der Waals surface area contributed by atoms with Gasteiger partial charge in [-0.15, -0.1) is 0 Å². The Balaban J connectivity index is 1.15. The molecule has 6 aromatic carbocycles. The molecule has 1 aliphatic carbocycles. The summed E-state index contributed by atoms with van der Waals surface area (Å²) in [6, 6.07) is 42.5. The molecule has 1 saturated carbocycles. The SMILES string of the molecule is OC1[C@H](O)[C@H](OCc2ccc3ccccc3c2)C(OCc2ccc3ccccc3c2)[C@H](OCc2ccc3ccccc3c2)[C@H]1O. The van der Waals surface area contributed by atoms with E-state index in [1.807, 2.05) is 91.0 Å². The van der Waals surface area contributed by atoms with Crippen molar-refractivity contribution >= 4 is 32.3 Å². The van der Waals surface area contributed by atoms with Crippen LogP contribution in [-0.2, 0) is 34.0 Å². The van der Waals surface area contributed by atoms with Crippen molar-refractivity contribution in [3.8, 4) is 0 Å². The quantitative estimate of drug-likeness (QED) is 0.181. The molecule has 0 saturated heterocycles. The van der Waals surface area contributed by atoms with Crippen molar-refractivity contribution in [3.05, 3.63) is 144 Å². The van der Waals surface area contributed by atoms with Crippen molar-refractivity contribution in [2.45, 2.75) is 56.4 Å². The fraction of sp³-hybridized carbons (Fsp3) is 0.231. The Hall–Kier alpha value is -4.14. The number of aliphatic hydroxyl groups is 3. The van der Waals surface area contributed by atoms with Crippen molar-refractivity contribution in [1.82, 2.24) is 0 Å². The van der Waals surface area contributed by atoms with Gasteiger partial charge in [-0.05, 0) is 67.2 Å². The molecule has 0 spiro atoms. The maximum absolute atomic E-state index is 11.2. The van der Waals surface area contributed by atoms with E-state index in [1.54, 1.807) is 0 Å². The normalized spacial score (nSPS) is 23.5. The zero-order chi connectivity index (χ0) is 30.8. The molecule has 6 atom stereocenters. The van der Waals surface area contributed by atoms with Gasteiger partial charge < -0.3 is 29.5 Å². The molecule has 0 heterocycles. The van der Waals surface area contributed by atoms with Crippen LogP contribution in [0.15, 0.2) is 127 Å². The van der Waals surface area contributed by atoms with E-state index in [4.69, 9.17) is 14.2 Å². The summed E-state index contributed by atoms with van der Waals surface area (Å²) in [6.45, 7) is 0.571. The highest BCUT2D eigenvalue weighted by atomic mass is 16.6. The Morgan fingerprint density at radius 3 is 1.02 bits per heavy atom. The maximum Gasteiger partial charge on any atom is 0.116 e. The minimum absolute atomic E-state index is 0.183. The molecule has 1 aliphatic rings. The summed E-state index contributed by atoms with van der Waals surface area (Å²) in [5.74, 6) is 0. The lowest BCUT2D eigenvalue weighted by molar-refractivity contribution is -0.263. The Morgan fingerprint density at radius 2 is 0.667 bits per heavy atom. The second-order valence-corrected chi connectivity index (χ2v) is 11.8. The summed E-state index contributed by atoms with van der Waals surface area (Å²) in [6.07, 6.45) is -7.04. The van der Waals surface area contributed by atoms with Gasteiger partial charge in [-0.1, -0.05) is 109 Å². The van der Waals surface area contributed by atoms with Gasteiger partial charge in [-0.25, -0.2) is 0 Å². The first-order valence-corrected chi connectivity index (χ1v) is 15.4. The summed E-state index contributed by atoms with van der Waals surface area (Å²) >= 11 is 0. The molecule has 228 valence electrons. The maximum atomic E-state index is 11.2. The Bertz CT molecular complexity index is 1820. The lowest BCUT2D eigenvalue weighted by atomic mass is 9.84. The Labute approximate surface area is 262 Å². The zero-order valence-electron chi connectivity index (χ0n) is 24.8. The van der Waals surface area contributed by atoms with Gasteiger partial charge in [-0.2, -0.15) is 0 Å². The summed E-state index contributed by atoms with van der Waals surface area (Å²) in [7, 11) is 0. The van der Waals surface area contributed by atoms with Crippen LogP contribution >= 0.6 is 0 Å². The van der Waals surface area contributed by atoms with Crippen LogP contribution in [-0.4, -0.2) is 51.9 Å². The number of fused-ring (bicyclic) bond motifs is 3. The monoisotopic (exact) mass is 600 g/mol. The van der Waals surface area contributed by atoms with Gasteiger partial charge in [0.2, 0.25) is 0 Å². The van der Waals surface area contributed by atoms with Gasteiger partial charge in [0.25, 0.3) is 0 Å². The number of ether oxygens (including phenoxy) is 3. The molecule has 0 bridgehead atoms. The van der Waals surface area contributed by atoms with Crippen LogP contribution in [0.25, 0.3) is 32.3 Å². The zero-order valence-corrected chi connectivity index (χ0v) is 24.8. The molecule has 3 N–H and O–H groups in total. The van der Waals surface area contributed by atoms with Crippen LogP contribution in [0.5, 0.6) is 0 Å². The predicted molar refractivity (Wildman–Crippen MR) is 176 cm³/mol. The number of aliphatic hydroxyl groups excluding tert-OH is 3. The fourth-order valence-electron chi connectivity index (χ4n) is 6.31. The van der Waals surface area contributed by atoms with Crippen LogP contribution in [0.2, 0.25) is 0 Å². The second kappa shape index (κ2) is 13.1.